The Morgan fingerprint density at radius 2 is 1.52 bits per heavy atom. The van der Waals surface area contributed by atoms with Crippen molar-refractivity contribution in [3.8, 4) is 0 Å². The van der Waals surface area contributed by atoms with Gasteiger partial charge in [0.2, 0.25) is 10.0 Å². The van der Waals surface area contributed by atoms with Crippen LogP contribution in [0, 0.1) is 6.92 Å². The van der Waals surface area contributed by atoms with Gasteiger partial charge in [-0.2, -0.15) is 4.31 Å². The van der Waals surface area contributed by atoms with Crippen molar-refractivity contribution in [2.24, 2.45) is 0 Å². The van der Waals surface area contributed by atoms with Crippen molar-refractivity contribution in [3.05, 3.63) is 101 Å². The molecule has 0 radical (unpaired) electrons. The highest BCUT2D eigenvalue weighted by Gasteiger charge is 2.35. The molecule has 138 valence electrons. The minimum atomic E-state index is -3.61. The van der Waals surface area contributed by atoms with Gasteiger partial charge in [-0.1, -0.05) is 72.3 Å². The van der Waals surface area contributed by atoms with Crippen LogP contribution in [0.15, 0.2) is 83.8 Å². The smallest absolute Gasteiger partial charge is 0.207 e. The van der Waals surface area contributed by atoms with E-state index in [0.29, 0.717) is 11.4 Å². The Kier molecular flexibility index (Phi) is 4.85. The van der Waals surface area contributed by atoms with Gasteiger partial charge in [-0.05, 0) is 48.6 Å². The molecule has 4 rings (SSSR count). The maximum atomic E-state index is 13.6. The summed E-state index contributed by atoms with van der Waals surface area (Å²) in [6.45, 7) is 2.47. The molecule has 1 aliphatic rings. The van der Waals surface area contributed by atoms with Crippen LogP contribution in [0.5, 0.6) is 0 Å². The quantitative estimate of drug-likeness (QED) is 0.662. The molecule has 1 aliphatic heterocycles. The third kappa shape index (κ3) is 3.43. The van der Waals surface area contributed by atoms with Gasteiger partial charge in [0.15, 0.2) is 0 Å². The lowest BCUT2D eigenvalue weighted by Gasteiger charge is -2.30. The molecule has 0 N–H and O–H groups in total. The minimum absolute atomic E-state index is 0.309. The lowest BCUT2D eigenvalue weighted by molar-refractivity contribution is 0.365. The van der Waals surface area contributed by atoms with E-state index in [2.05, 4.69) is 12.1 Å². The summed E-state index contributed by atoms with van der Waals surface area (Å²) in [4.78, 5) is 0.355. The van der Waals surface area contributed by atoms with E-state index in [0.717, 1.165) is 29.5 Å². The largest absolute Gasteiger partial charge is 0.243 e. The van der Waals surface area contributed by atoms with Gasteiger partial charge in [0.1, 0.15) is 0 Å². The van der Waals surface area contributed by atoms with Crippen molar-refractivity contribution < 1.29 is 8.42 Å². The van der Waals surface area contributed by atoms with Crippen molar-refractivity contribution in [1.29, 1.82) is 0 Å². The van der Waals surface area contributed by atoms with Crippen molar-refractivity contribution >= 4 is 10.0 Å². The van der Waals surface area contributed by atoms with E-state index in [-0.39, 0.29) is 6.04 Å². The fourth-order valence-corrected chi connectivity index (χ4v) is 5.46. The first kappa shape index (κ1) is 18.0. The predicted octanol–water partition coefficient (Wildman–Crippen LogP) is 4.72. The molecular formula is C23H23NO2S. The molecule has 3 nitrogen and oxygen atoms in total. The molecule has 1 heterocycles. The first-order chi connectivity index (χ1) is 13.1. The Balaban J connectivity index is 1.88. The van der Waals surface area contributed by atoms with E-state index in [4.69, 9.17) is 0 Å². The summed E-state index contributed by atoms with van der Waals surface area (Å²) in [5.74, 6) is 0. The lowest BCUT2D eigenvalue weighted by atomic mass is 9.94. The molecule has 0 saturated heterocycles. The maximum absolute atomic E-state index is 13.6. The standard InChI is InChI=1S/C23H23NO2S/c1-18-13-15-21(16-14-18)27(25,26)24-17-7-11-19-8-5-6-12-22(19)23(24)20-9-3-2-4-10-20/h2-6,8-10,12-16,23H,7,11,17H2,1H3. The number of nitrogens with zero attached hydrogens (tertiary/aromatic N) is 1. The number of sulfonamides is 1. The summed E-state index contributed by atoms with van der Waals surface area (Å²) in [5, 5.41) is 0. The predicted molar refractivity (Wildman–Crippen MR) is 108 cm³/mol. The van der Waals surface area contributed by atoms with Crippen molar-refractivity contribution in [3.63, 3.8) is 0 Å². The molecule has 0 spiro atoms. The molecule has 0 fully saturated rings. The van der Waals surface area contributed by atoms with Crippen LogP contribution >= 0.6 is 0 Å². The maximum Gasteiger partial charge on any atom is 0.243 e. The van der Waals surface area contributed by atoms with Gasteiger partial charge in [0.25, 0.3) is 0 Å². The molecule has 3 aromatic rings. The molecule has 27 heavy (non-hydrogen) atoms. The van der Waals surface area contributed by atoms with E-state index in [1.165, 1.54) is 5.56 Å². The zero-order valence-electron chi connectivity index (χ0n) is 15.4. The molecule has 0 aliphatic carbocycles. The second kappa shape index (κ2) is 7.29. The van der Waals surface area contributed by atoms with Gasteiger partial charge in [-0.15, -0.1) is 0 Å². The second-order valence-electron chi connectivity index (χ2n) is 7.04. The fourth-order valence-electron chi connectivity index (χ4n) is 3.82. The van der Waals surface area contributed by atoms with Crippen LogP contribution in [0.25, 0.3) is 0 Å². The first-order valence-electron chi connectivity index (χ1n) is 9.28. The van der Waals surface area contributed by atoms with Gasteiger partial charge in [0.05, 0.1) is 10.9 Å². The molecule has 0 amide bonds. The van der Waals surface area contributed by atoms with Gasteiger partial charge in [0, 0.05) is 6.54 Å². The number of aryl methyl sites for hydroxylation is 2. The Morgan fingerprint density at radius 1 is 0.852 bits per heavy atom. The van der Waals surface area contributed by atoms with E-state index in [1.807, 2.05) is 61.5 Å². The topological polar surface area (TPSA) is 37.4 Å². The van der Waals surface area contributed by atoms with E-state index in [1.54, 1.807) is 16.4 Å². The zero-order chi connectivity index (χ0) is 18.9. The lowest BCUT2D eigenvalue weighted by Crippen LogP contribution is -2.35. The van der Waals surface area contributed by atoms with Gasteiger partial charge in [-0.25, -0.2) is 8.42 Å². The van der Waals surface area contributed by atoms with Crippen LogP contribution in [0.2, 0.25) is 0 Å². The molecule has 0 bridgehead atoms. The van der Waals surface area contributed by atoms with Crippen LogP contribution in [0.3, 0.4) is 0 Å². The highest BCUT2D eigenvalue weighted by molar-refractivity contribution is 7.89. The highest BCUT2D eigenvalue weighted by atomic mass is 32.2. The summed E-state index contributed by atoms with van der Waals surface area (Å²) in [5.41, 5.74) is 4.36. The summed E-state index contributed by atoms with van der Waals surface area (Å²) < 4.78 is 28.8. The summed E-state index contributed by atoms with van der Waals surface area (Å²) in [7, 11) is -3.61. The third-order valence-electron chi connectivity index (χ3n) is 5.21. The van der Waals surface area contributed by atoms with Gasteiger partial charge < -0.3 is 0 Å². The monoisotopic (exact) mass is 377 g/mol. The van der Waals surface area contributed by atoms with Gasteiger partial charge >= 0.3 is 0 Å². The average molecular weight is 378 g/mol. The van der Waals surface area contributed by atoms with Crippen LogP contribution in [-0.2, 0) is 16.4 Å². The van der Waals surface area contributed by atoms with E-state index < -0.39 is 10.0 Å². The fraction of sp³-hybridized carbons (Fsp3) is 0.217. The van der Waals surface area contributed by atoms with Crippen LogP contribution < -0.4 is 0 Å². The molecule has 0 aromatic heterocycles. The SMILES string of the molecule is Cc1ccc(S(=O)(=O)N2CCCc3ccccc3C2c2ccccc2)cc1. The summed E-state index contributed by atoms with van der Waals surface area (Å²) in [6, 6.07) is 25.0. The van der Waals surface area contributed by atoms with Crippen molar-refractivity contribution in [2.75, 3.05) is 6.54 Å². The van der Waals surface area contributed by atoms with E-state index in [9.17, 15) is 8.42 Å². The van der Waals surface area contributed by atoms with Crippen LogP contribution in [-0.4, -0.2) is 19.3 Å². The van der Waals surface area contributed by atoms with Crippen LogP contribution in [0.4, 0.5) is 0 Å². The molecule has 1 atom stereocenters. The average Bonchev–Trinajstić information content (AvgIpc) is 2.89. The number of rotatable bonds is 3. The highest BCUT2D eigenvalue weighted by Crippen LogP contribution is 2.37. The Morgan fingerprint density at radius 3 is 2.26 bits per heavy atom. The van der Waals surface area contributed by atoms with E-state index >= 15 is 0 Å². The molecule has 0 saturated carbocycles. The molecular weight excluding hydrogens is 354 g/mol. The number of hydrogen-bond donors (Lipinski definition) is 0. The molecule has 3 aromatic carbocycles. The molecule has 4 heteroatoms. The van der Waals surface area contributed by atoms with Crippen LogP contribution in [0.1, 0.15) is 34.7 Å². The first-order valence-corrected chi connectivity index (χ1v) is 10.7. The third-order valence-corrected chi connectivity index (χ3v) is 7.08. The Labute approximate surface area is 161 Å². The Hall–Kier alpha value is -2.43. The number of hydrogen-bond acceptors (Lipinski definition) is 2. The second-order valence-corrected chi connectivity index (χ2v) is 8.93. The normalized spacial score (nSPS) is 17.9. The summed E-state index contributed by atoms with van der Waals surface area (Å²) >= 11 is 0. The van der Waals surface area contributed by atoms with Crippen molar-refractivity contribution in [1.82, 2.24) is 4.31 Å². The van der Waals surface area contributed by atoms with Crippen molar-refractivity contribution in [2.45, 2.75) is 30.7 Å². The molecule has 1 unspecified atom stereocenters. The zero-order valence-corrected chi connectivity index (χ0v) is 16.2. The minimum Gasteiger partial charge on any atom is -0.207 e. The number of fused-ring (bicyclic) bond motifs is 1. The summed E-state index contributed by atoms with van der Waals surface area (Å²) in [6.07, 6.45) is 1.70. The Bertz CT molecular complexity index is 1030. The number of benzene rings is 3. The van der Waals surface area contributed by atoms with Gasteiger partial charge in [-0.3, -0.25) is 0 Å².